The van der Waals surface area contributed by atoms with Gasteiger partial charge in [-0.25, -0.2) is 9.59 Å². The maximum Gasteiger partial charge on any atom is 0.335 e. The van der Waals surface area contributed by atoms with Crippen molar-refractivity contribution in [3.05, 3.63) is 89.0 Å². The third-order valence-electron chi connectivity index (χ3n) is 6.93. The van der Waals surface area contributed by atoms with Crippen LogP contribution in [0.1, 0.15) is 46.3 Å². The SMILES string of the molecule is COc1cc(CC(=O)N2CCCC2CCc2ccc(C(=O)O)cc2)ccc1NC(=O)Nc1ccccc1C. The number of nitrogens with zero attached hydrogens (tertiary/aromatic N) is 1. The van der Waals surface area contributed by atoms with E-state index in [0.717, 1.165) is 54.6 Å². The number of aryl methyl sites for hydroxylation is 2. The molecular weight excluding hydrogens is 482 g/mol. The molecule has 0 radical (unpaired) electrons. The van der Waals surface area contributed by atoms with E-state index in [0.29, 0.717) is 11.4 Å². The monoisotopic (exact) mass is 515 g/mol. The van der Waals surface area contributed by atoms with Crippen LogP contribution in [0.5, 0.6) is 5.75 Å². The normalized spacial score (nSPS) is 14.7. The minimum atomic E-state index is -0.935. The maximum atomic E-state index is 13.2. The van der Waals surface area contributed by atoms with Crippen LogP contribution < -0.4 is 15.4 Å². The van der Waals surface area contributed by atoms with Gasteiger partial charge in [0.2, 0.25) is 5.91 Å². The first-order valence-electron chi connectivity index (χ1n) is 12.8. The molecule has 3 aromatic rings. The smallest absolute Gasteiger partial charge is 0.335 e. The summed E-state index contributed by atoms with van der Waals surface area (Å²) in [5.41, 5.74) is 4.35. The quantitative estimate of drug-likeness (QED) is 0.348. The van der Waals surface area contributed by atoms with E-state index >= 15 is 0 Å². The van der Waals surface area contributed by atoms with E-state index in [2.05, 4.69) is 10.6 Å². The molecule has 38 heavy (non-hydrogen) atoms. The Kier molecular flexibility index (Phi) is 8.63. The van der Waals surface area contributed by atoms with Crippen molar-refractivity contribution in [1.29, 1.82) is 0 Å². The Bertz CT molecular complexity index is 1310. The van der Waals surface area contributed by atoms with Crippen molar-refractivity contribution in [2.45, 2.75) is 45.1 Å². The number of carbonyl (C=O) groups is 3. The predicted molar refractivity (Wildman–Crippen MR) is 147 cm³/mol. The average molecular weight is 516 g/mol. The first-order valence-corrected chi connectivity index (χ1v) is 12.8. The first kappa shape index (κ1) is 26.7. The molecule has 3 amide bonds. The van der Waals surface area contributed by atoms with Gasteiger partial charge in [-0.2, -0.15) is 0 Å². The average Bonchev–Trinajstić information content (AvgIpc) is 3.39. The number of benzene rings is 3. The number of methoxy groups -OCH3 is 1. The lowest BCUT2D eigenvalue weighted by Crippen LogP contribution is -2.36. The van der Waals surface area contributed by atoms with Crippen molar-refractivity contribution in [1.82, 2.24) is 4.90 Å². The van der Waals surface area contributed by atoms with Gasteiger partial charge in [-0.05, 0) is 79.6 Å². The molecule has 0 spiro atoms. The number of likely N-dealkylation sites (tertiary alicyclic amines) is 1. The van der Waals surface area contributed by atoms with Crippen molar-refractivity contribution in [2.75, 3.05) is 24.3 Å². The number of nitrogens with one attached hydrogen (secondary N) is 2. The van der Waals surface area contributed by atoms with Gasteiger partial charge in [0.05, 0.1) is 24.8 Å². The number of urea groups is 1. The minimum absolute atomic E-state index is 0.0637. The van der Waals surface area contributed by atoms with E-state index in [4.69, 9.17) is 9.84 Å². The van der Waals surface area contributed by atoms with Crippen molar-refractivity contribution in [3.63, 3.8) is 0 Å². The van der Waals surface area contributed by atoms with Gasteiger partial charge in [0.25, 0.3) is 0 Å². The third kappa shape index (κ3) is 6.70. The summed E-state index contributed by atoms with van der Waals surface area (Å²) in [7, 11) is 1.53. The van der Waals surface area contributed by atoms with Gasteiger partial charge in [-0.1, -0.05) is 36.4 Å². The summed E-state index contributed by atoms with van der Waals surface area (Å²) in [4.78, 5) is 38.7. The molecule has 3 aromatic carbocycles. The molecule has 1 heterocycles. The molecule has 1 unspecified atom stereocenters. The molecule has 1 aliphatic heterocycles. The van der Waals surface area contributed by atoms with Crippen molar-refractivity contribution in [3.8, 4) is 5.75 Å². The van der Waals surface area contributed by atoms with Crippen LogP contribution in [0.3, 0.4) is 0 Å². The lowest BCUT2D eigenvalue weighted by Gasteiger charge is -2.25. The summed E-state index contributed by atoms with van der Waals surface area (Å²) < 4.78 is 5.50. The van der Waals surface area contributed by atoms with E-state index in [1.54, 1.807) is 24.3 Å². The summed E-state index contributed by atoms with van der Waals surface area (Å²) >= 11 is 0. The number of carbonyl (C=O) groups excluding carboxylic acids is 2. The number of carboxylic acid groups (broad SMARTS) is 1. The molecule has 198 valence electrons. The van der Waals surface area contributed by atoms with Gasteiger partial charge >= 0.3 is 12.0 Å². The lowest BCUT2D eigenvalue weighted by atomic mass is 10.0. The highest BCUT2D eigenvalue weighted by molar-refractivity contribution is 6.01. The molecule has 4 rings (SSSR count). The van der Waals surface area contributed by atoms with Crippen LogP contribution >= 0.6 is 0 Å². The van der Waals surface area contributed by atoms with E-state index < -0.39 is 5.97 Å². The molecule has 1 aliphatic rings. The Morgan fingerprint density at radius 1 is 0.974 bits per heavy atom. The summed E-state index contributed by atoms with van der Waals surface area (Å²) in [5.74, 6) is -0.387. The third-order valence-corrected chi connectivity index (χ3v) is 6.93. The van der Waals surface area contributed by atoms with E-state index in [1.807, 2.05) is 54.3 Å². The second kappa shape index (κ2) is 12.3. The van der Waals surface area contributed by atoms with Crippen molar-refractivity contribution >= 4 is 29.3 Å². The predicted octanol–water partition coefficient (Wildman–Crippen LogP) is 5.51. The Labute approximate surface area is 222 Å². The number of anilines is 2. The highest BCUT2D eigenvalue weighted by Crippen LogP contribution is 2.28. The molecule has 0 aromatic heterocycles. The van der Waals surface area contributed by atoms with Crippen LogP contribution in [-0.4, -0.2) is 47.6 Å². The van der Waals surface area contributed by atoms with Gasteiger partial charge in [0, 0.05) is 18.3 Å². The van der Waals surface area contributed by atoms with Gasteiger partial charge in [0.1, 0.15) is 5.75 Å². The molecule has 0 saturated carbocycles. The summed E-state index contributed by atoms with van der Waals surface area (Å²) in [5, 5.41) is 14.7. The van der Waals surface area contributed by atoms with Crippen LogP contribution in [0.25, 0.3) is 0 Å². The zero-order chi connectivity index (χ0) is 27.1. The van der Waals surface area contributed by atoms with Crippen LogP contribution in [0, 0.1) is 6.92 Å². The highest BCUT2D eigenvalue weighted by Gasteiger charge is 2.28. The fraction of sp³-hybridized carbons (Fsp3) is 0.300. The molecule has 3 N–H and O–H groups in total. The van der Waals surface area contributed by atoms with Crippen LogP contribution in [-0.2, 0) is 17.6 Å². The van der Waals surface area contributed by atoms with Crippen molar-refractivity contribution < 1.29 is 24.2 Å². The largest absolute Gasteiger partial charge is 0.495 e. The molecule has 1 atom stereocenters. The van der Waals surface area contributed by atoms with Gasteiger partial charge in [0.15, 0.2) is 0 Å². The molecule has 0 bridgehead atoms. The number of amides is 3. The topological polar surface area (TPSA) is 108 Å². The Morgan fingerprint density at radius 2 is 1.68 bits per heavy atom. The van der Waals surface area contributed by atoms with E-state index in [9.17, 15) is 14.4 Å². The zero-order valence-corrected chi connectivity index (χ0v) is 21.7. The first-order chi connectivity index (χ1) is 18.3. The second-order valence-corrected chi connectivity index (χ2v) is 9.53. The van der Waals surface area contributed by atoms with Crippen LogP contribution in [0.4, 0.5) is 16.2 Å². The number of hydrogen-bond donors (Lipinski definition) is 3. The van der Waals surface area contributed by atoms with Gasteiger partial charge in [-0.15, -0.1) is 0 Å². The molecule has 8 heteroatoms. The Hall–Kier alpha value is -4.33. The van der Waals surface area contributed by atoms with E-state index in [1.165, 1.54) is 7.11 Å². The standard InChI is InChI=1S/C30H33N3O5/c1-20-6-3-4-8-25(20)31-30(37)32-26-16-12-22(18-27(26)38-2)19-28(34)33-17-5-7-24(33)15-11-21-9-13-23(14-10-21)29(35)36/h3-4,6,8-10,12-14,16,18,24H,5,7,11,15,17,19H2,1-2H3,(H,35,36)(H2,31,32,37). The number of ether oxygens (including phenoxy) is 1. The van der Waals surface area contributed by atoms with Crippen LogP contribution in [0.2, 0.25) is 0 Å². The Balaban J connectivity index is 1.34. The molecule has 8 nitrogen and oxygen atoms in total. The highest BCUT2D eigenvalue weighted by atomic mass is 16.5. The summed E-state index contributed by atoms with van der Waals surface area (Å²) in [6.45, 7) is 2.66. The van der Waals surface area contributed by atoms with Gasteiger partial charge in [-0.3, -0.25) is 4.79 Å². The number of aromatic carboxylic acids is 1. The number of rotatable bonds is 9. The second-order valence-electron chi connectivity index (χ2n) is 9.53. The molecule has 0 aliphatic carbocycles. The number of hydrogen-bond acceptors (Lipinski definition) is 4. The summed E-state index contributed by atoms with van der Waals surface area (Å²) in [6.07, 6.45) is 3.79. The Morgan fingerprint density at radius 3 is 2.39 bits per heavy atom. The fourth-order valence-electron chi connectivity index (χ4n) is 4.83. The number of carboxylic acids is 1. The minimum Gasteiger partial charge on any atom is -0.495 e. The van der Waals surface area contributed by atoms with Crippen LogP contribution in [0.15, 0.2) is 66.7 Å². The van der Waals surface area contributed by atoms with E-state index in [-0.39, 0.29) is 30.0 Å². The molecule has 1 saturated heterocycles. The molecular formula is C30H33N3O5. The number of para-hydroxylation sites is 1. The lowest BCUT2D eigenvalue weighted by molar-refractivity contribution is -0.131. The zero-order valence-electron chi connectivity index (χ0n) is 21.7. The molecule has 1 fully saturated rings. The van der Waals surface area contributed by atoms with Gasteiger partial charge < -0.3 is 25.4 Å². The fourth-order valence-corrected chi connectivity index (χ4v) is 4.83. The van der Waals surface area contributed by atoms with Crippen molar-refractivity contribution in [2.24, 2.45) is 0 Å². The maximum absolute atomic E-state index is 13.2. The summed E-state index contributed by atoms with van der Waals surface area (Å²) in [6, 6.07) is 19.6.